The molecule has 4 heteroatoms. The highest BCUT2D eigenvalue weighted by Gasteiger charge is 2.17. The molecule has 0 aliphatic rings. The Kier molecular flexibility index (Phi) is 4.51. The zero-order valence-corrected chi connectivity index (χ0v) is 7.88. The number of hydrogen-bond acceptors (Lipinski definition) is 4. The summed E-state index contributed by atoms with van der Waals surface area (Å²) in [5.74, 6) is -0.549. The summed E-state index contributed by atoms with van der Waals surface area (Å²) in [6.45, 7) is 4.62. The van der Waals surface area contributed by atoms with E-state index in [0.717, 1.165) is 0 Å². The number of ether oxygens (including phenoxy) is 1. The maximum Gasteiger partial charge on any atom is 0.323 e. The lowest BCUT2D eigenvalue weighted by Gasteiger charge is -2.13. The molecule has 4 nitrogen and oxygen atoms in total. The van der Waals surface area contributed by atoms with E-state index in [9.17, 15) is 9.59 Å². The van der Waals surface area contributed by atoms with Gasteiger partial charge in [0.25, 0.3) is 0 Å². The Morgan fingerprint density at radius 3 is 2.17 bits per heavy atom. The van der Waals surface area contributed by atoms with Gasteiger partial charge in [0.1, 0.15) is 6.04 Å². The highest BCUT2D eigenvalue weighted by Crippen LogP contribution is 1.95. The molecule has 0 saturated heterocycles. The summed E-state index contributed by atoms with van der Waals surface area (Å²) in [4.78, 5) is 21.7. The summed E-state index contributed by atoms with van der Waals surface area (Å²) in [7, 11) is 1.66. The molecule has 0 spiro atoms. The Bertz CT molecular complexity index is 179. The summed E-state index contributed by atoms with van der Waals surface area (Å²) < 4.78 is 4.81. The van der Waals surface area contributed by atoms with Gasteiger partial charge in [0.15, 0.2) is 11.9 Å². The Hall–Kier alpha value is -0.900. The molecule has 0 amide bonds. The van der Waals surface area contributed by atoms with Crippen molar-refractivity contribution >= 4 is 11.8 Å². The molecular formula is C8H15NO3. The van der Waals surface area contributed by atoms with Gasteiger partial charge >= 0.3 is 5.97 Å². The standard InChI is InChI=1S/C8H15NO3/c1-5(9-4)8(11)12-7(3)6(2)10/h5,7,9H,1-4H3. The molecule has 0 radical (unpaired) electrons. The number of carbonyl (C=O) groups is 2. The van der Waals surface area contributed by atoms with Crippen molar-refractivity contribution in [3.05, 3.63) is 0 Å². The molecule has 2 atom stereocenters. The fraction of sp³-hybridized carbons (Fsp3) is 0.750. The van der Waals surface area contributed by atoms with Crippen molar-refractivity contribution in [1.82, 2.24) is 5.32 Å². The maximum absolute atomic E-state index is 11.1. The Morgan fingerprint density at radius 1 is 1.33 bits per heavy atom. The maximum atomic E-state index is 11.1. The highest BCUT2D eigenvalue weighted by molar-refractivity contribution is 5.84. The van der Waals surface area contributed by atoms with Crippen LogP contribution in [0.3, 0.4) is 0 Å². The molecule has 0 heterocycles. The number of hydrogen-bond donors (Lipinski definition) is 1. The first-order valence-electron chi connectivity index (χ1n) is 3.87. The van der Waals surface area contributed by atoms with E-state index in [1.165, 1.54) is 6.92 Å². The van der Waals surface area contributed by atoms with Crippen LogP contribution in [-0.2, 0) is 14.3 Å². The van der Waals surface area contributed by atoms with Crippen molar-refractivity contribution in [2.75, 3.05) is 7.05 Å². The lowest BCUT2D eigenvalue weighted by atomic mass is 10.3. The van der Waals surface area contributed by atoms with Crippen molar-refractivity contribution < 1.29 is 14.3 Å². The molecule has 0 saturated carbocycles. The molecule has 0 aromatic heterocycles. The van der Waals surface area contributed by atoms with Crippen LogP contribution in [0.25, 0.3) is 0 Å². The van der Waals surface area contributed by atoms with Gasteiger partial charge in [0, 0.05) is 0 Å². The quantitative estimate of drug-likeness (QED) is 0.613. The zero-order valence-electron chi connectivity index (χ0n) is 7.88. The van der Waals surface area contributed by atoms with E-state index < -0.39 is 12.1 Å². The Balaban J connectivity index is 3.92. The second-order valence-electron chi connectivity index (χ2n) is 2.70. The van der Waals surface area contributed by atoms with Crippen molar-refractivity contribution in [1.29, 1.82) is 0 Å². The van der Waals surface area contributed by atoms with Gasteiger partial charge in [-0.1, -0.05) is 0 Å². The van der Waals surface area contributed by atoms with Gasteiger partial charge in [0.05, 0.1) is 0 Å². The van der Waals surface area contributed by atoms with E-state index in [1.807, 2.05) is 0 Å². The van der Waals surface area contributed by atoms with E-state index in [1.54, 1.807) is 20.9 Å². The van der Waals surface area contributed by atoms with Crippen LogP contribution < -0.4 is 5.32 Å². The van der Waals surface area contributed by atoms with Crippen LogP contribution in [0.2, 0.25) is 0 Å². The van der Waals surface area contributed by atoms with Gasteiger partial charge in [-0.2, -0.15) is 0 Å². The van der Waals surface area contributed by atoms with Gasteiger partial charge in [-0.15, -0.1) is 0 Å². The topological polar surface area (TPSA) is 55.4 Å². The van der Waals surface area contributed by atoms with E-state index >= 15 is 0 Å². The Labute approximate surface area is 72.3 Å². The minimum atomic E-state index is -0.645. The lowest BCUT2D eigenvalue weighted by molar-refractivity contribution is -0.155. The van der Waals surface area contributed by atoms with Gasteiger partial charge in [-0.25, -0.2) is 0 Å². The van der Waals surface area contributed by atoms with Gasteiger partial charge < -0.3 is 10.1 Å². The summed E-state index contributed by atoms with van der Waals surface area (Å²) in [5, 5.41) is 2.72. The van der Waals surface area contributed by atoms with E-state index in [4.69, 9.17) is 4.74 Å². The summed E-state index contributed by atoms with van der Waals surface area (Å²) in [6.07, 6.45) is -0.645. The predicted molar refractivity (Wildman–Crippen MR) is 44.8 cm³/mol. The van der Waals surface area contributed by atoms with Crippen LogP contribution in [0.5, 0.6) is 0 Å². The molecule has 0 aromatic rings. The fourth-order valence-electron chi connectivity index (χ4n) is 0.477. The highest BCUT2D eigenvalue weighted by atomic mass is 16.5. The predicted octanol–water partition coefficient (Wildman–Crippen LogP) is 0.115. The monoisotopic (exact) mass is 173 g/mol. The van der Waals surface area contributed by atoms with Crippen LogP contribution in [0.15, 0.2) is 0 Å². The van der Waals surface area contributed by atoms with Crippen LogP contribution >= 0.6 is 0 Å². The summed E-state index contributed by atoms with van der Waals surface area (Å²) >= 11 is 0. The summed E-state index contributed by atoms with van der Waals surface area (Å²) in [6, 6.07) is -0.369. The molecule has 12 heavy (non-hydrogen) atoms. The second kappa shape index (κ2) is 4.87. The van der Waals surface area contributed by atoms with Crippen molar-refractivity contribution in [2.45, 2.75) is 32.9 Å². The third-order valence-corrected chi connectivity index (χ3v) is 1.65. The third-order valence-electron chi connectivity index (χ3n) is 1.65. The molecule has 2 unspecified atom stereocenters. The molecule has 1 N–H and O–H groups in total. The first kappa shape index (κ1) is 11.1. The van der Waals surface area contributed by atoms with Crippen molar-refractivity contribution in [3.8, 4) is 0 Å². The normalized spacial score (nSPS) is 15.0. The first-order valence-corrected chi connectivity index (χ1v) is 3.87. The third kappa shape index (κ3) is 3.48. The number of ketones is 1. The number of esters is 1. The fourth-order valence-corrected chi connectivity index (χ4v) is 0.477. The minimum absolute atomic E-state index is 0.147. The van der Waals surface area contributed by atoms with E-state index in [2.05, 4.69) is 5.32 Å². The number of rotatable bonds is 4. The number of likely N-dealkylation sites (N-methyl/N-ethyl adjacent to an activating group) is 1. The lowest BCUT2D eigenvalue weighted by Crippen LogP contribution is -2.35. The van der Waals surface area contributed by atoms with Crippen LogP contribution in [0.1, 0.15) is 20.8 Å². The molecule has 70 valence electrons. The van der Waals surface area contributed by atoms with E-state index in [0.29, 0.717) is 0 Å². The summed E-state index contributed by atoms with van der Waals surface area (Å²) in [5.41, 5.74) is 0. The van der Waals surface area contributed by atoms with Crippen LogP contribution in [0, 0.1) is 0 Å². The number of carbonyl (C=O) groups excluding carboxylic acids is 2. The van der Waals surface area contributed by atoms with Gasteiger partial charge in [0.2, 0.25) is 0 Å². The van der Waals surface area contributed by atoms with Gasteiger partial charge in [-0.3, -0.25) is 9.59 Å². The molecule has 0 fully saturated rings. The molecule has 0 bridgehead atoms. The molecule has 0 aliphatic heterocycles. The van der Waals surface area contributed by atoms with Crippen LogP contribution in [-0.4, -0.2) is 30.9 Å². The van der Waals surface area contributed by atoms with Crippen molar-refractivity contribution in [2.24, 2.45) is 0 Å². The largest absolute Gasteiger partial charge is 0.454 e. The Morgan fingerprint density at radius 2 is 1.83 bits per heavy atom. The smallest absolute Gasteiger partial charge is 0.323 e. The SMILES string of the molecule is CNC(C)C(=O)OC(C)C(C)=O. The second-order valence-corrected chi connectivity index (χ2v) is 2.70. The molecule has 0 rings (SSSR count). The number of Topliss-reactive ketones (excluding diaryl/α,β-unsaturated/α-hetero) is 1. The van der Waals surface area contributed by atoms with E-state index in [-0.39, 0.29) is 11.8 Å². The molecule has 0 aromatic carbocycles. The molecule has 0 aliphatic carbocycles. The minimum Gasteiger partial charge on any atom is -0.454 e. The average Bonchev–Trinajstić information content (AvgIpc) is 2.02. The average molecular weight is 173 g/mol. The molecular weight excluding hydrogens is 158 g/mol. The first-order chi connectivity index (χ1) is 5.49. The van der Waals surface area contributed by atoms with Gasteiger partial charge in [-0.05, 0) is 27.8 Å². The van der Waals surface area contributed by atoms with Crippen LogP contribution in [0.4, 0.5) is 0 Å². The number of nitrogens with one attached hydrogen (secondary N) is 1. The zero-order chi connectivity index (χ0) is 9.72. The van der Waals surface area contributed by atoms with Crippen molar-refractivity contribution in [3.63, 3.8) is 0 Å².